The van der Waals surface area contributed by atoms with Crippen LogP contribution in [0.5, 0.6) is 0 Å². The summed E-state index contributed by atoms with van der Waals surface area (Å²) in [6.45, 7) is 0.633. The highest BCUT2D eigenvalue weighted by Crippen LogP contribution is 2.32. The van der Waals surface area contributed by atoms with Crippen molar-refractivity contribution < 1.29 is 27.9 Å². The van der Waals surface area contributed by atoms with Gasteiger partial charge in [-0.3, -0.25) is 19.7 Å². The summed E-state index contributed by atoms with van der Waals surface area (Å²) in [6, 6.07) is 2.84. The van der Waals surface area contributed by atoms with E-state index in [1.165, 1.54) is 4.90 Å². The minimum absolute atomic E-state index is 0.0137. The number of fused-ring (bicyclic) bond motifs is 1. The van der Waals surface area contributed by atoms with Gasteiger partial charge in [-0.05, 0) is 56.6 Å². The van der Waals surface area contributed by atoms with E-state index in [0.29, 0.717) is 37.0 Å². The van der Waals surface area contributed by atoms with Crippen LogP contribution in [0.3, 0.4) is 0 Å². The second-order valence-electron chi connectivity index (χ2n) is 9.94. The minimum atomic E-state index is -0.768. The number of carbonyl (C=O) groups excluding carboxylic acids is 3. The first-order chi connectivity index (χ1) is 16.4. The molecule has 0 unspecified atom stereocenters. The first-order valence-electron chi connectivity index (χ1n) is 12.4. The highest BCUT2D eigenvalue weighted by atomic mass is 19.1. The van der Waals surface area contributed by atoms with Gasteiger partial charge in [0, 0.05) is 42.7 Å². The van der Waals surface area contributed by atoms with Crippen molar-refractivity contribution in [1.82, 2.24) is 15.5 Å². The molecule has 0 radical (unpaired) electrons. The number of piperidine rings is 1. The van der Waals surface area contributed by atoms with Crippen LogP contribution in [-0.4, -0.2) is 59.6 Å². The first kappa shape index (κ1) is 23.4. The van der Waals surface area contributed by atoms with Gasteiger partial charge in [-0.25, -0.2) is 8.78 Å². The molecule has 3 fully saturated rings. The van der Waals surface area contributed by atoms with Crippen molar-refractivity contribution in [2.24, 2.45) is 0 Å². The van der Waals surface area contributed by atoms with E-state index in [4.69, 9.17) is 4.74 Å². The Labute approximate surface area is 197 Å². The lowest BCUT2D eigenvalue weighted by molar-refractivity contribution is -0.136. The lowest BCUT2D eigenvalue weighted by Gasteiger charge is -2.37. The number of benzene rings is 1. The van der Waals surface area contributed by atoms with Gasteiger partial charge in [0.15, 0.2) is 0 Å². The normalized spacial score (nSPS) is 32.0. The Bertz CT molecular complexity index is 979. The van der Waals surface area contributed by atoms with Crippen LogP contribution in [0.15, 0.2) is 12.1 Å². The summed E-state index contributed by atoms with van der Waals surface area (Å²) in [5, 5.41) is 5.90. The van der Waals surface area contributed by atoms with E-state index < -0.39 is 23.9 Å². The first-order valence-corrected chi connectivity index (χ1v) is 12.4. The van der Waals surface area contributed by atoms with Gasteiger partial charge in [0.25, 0.3) is 5.91 Å². The van der Waals surface area contributed by atoms with Gasteiger partial charge < -0.3 is 15.0 Å². The maximum Gasteiger partial charge on any atom is 0.255 e. The molecule has 7 nitrogen and oxygen atoms in total. The summed E-state index contributed by atoms with van der Waals surface area (Å²) in [5.74, 6) is -1.67. The van der Waals surface area contributed by atoms with E-state index in [9.17, 15) is 18.8 Å². The van der Waals surface area contributed by atoms with Crippen LogP contribution in [0.25, 0.3) is 0 Å². The number of rotatable bonds is 5. The lowest BCUT2D eigenvalue weighted by Crippen LogP contribution is -2.52. The maximum atomic E-state index is 15.6. The van der Waals surface area contributed by atoms with E-state index in [-0.39, 0.29) is 55.0 Å². The van der Waals surface area contributed by atoms with E-state index >= 15 is 4.39 Å². The molecule has 3 heterocycles. The van der Waals surface area contributed by atoms with E-state index in [1.807, 2.05) is 0 Å². The topological polar surface area (TPSA) is 87.7 Å². The van der Waals surface area contributed by atoms with Gasteiger partial charge in [0.2, 0.25) is 11.8 Å². The van der Waals surface area contributed by atoms with E-state index in [2.05, 4.69) is 10.6 Å². The van der Waals surface area contributed by atoms with Crippen molar-refractivity contribution in [3.63, 3.8) is 0 Å². The number of hydrogen-bond donors (Lipinski definition) is 2. The average molecular weight is 476 g/mol. The number of halogens is 2. The SMILES string of the molecule is O=C1CC[C@@H](N2Cc3c(ccc(C[C@H]4OCCC[C@@H]4N[C@H]4CC[C@@H](F)CC4)c3F)C2=O)C(=O)N1. The summed E-state index contributed by atoms with van der Waals surface area (Å²) in [6.07, 6.45) is 4.47. The van der Waals surface area contributed by atoms with E-state index in [0.717, 1.165) is 25.7 Å². The fraction of sp³-hybridized carbons (Fsp3) is 0.640. The number of ether oxygens (including phenoxy) is 1. The highest BCUT2D eigenvalue weighted by molar-refractivity contribution is 6.05. The molecule has 3 atom stereocenters. The predicted octanol–water partition coefficient (Wildman–Crippen LogP) is 2.55. The molecule has 184 valence electrons. The van der Waals surface area contributed by atoms with Crippen LogP contribution in [0.1, 0.15) is 72.9 Å². The average Bonchev–Trinajstić information content (AvgIpc) is 3.15. The van der Waals surface area contributed by atoms with Crippen LogP contribution in [0, 0.1) is 5.82 Å². The van der Waals surface area contributed by atoms with Crippen LogP contribution in [-0.2, 0) is 27.3 Å². The predicted molar refractivity (Wildman–Crippen MR) is 119 cm³/mol. The van der Waals surface area contributed by atoms with Crippen molar-refractivity contribution >= 4 is 17.7 Å². The van der Waals surface area contributed by atoms with Crippen molar-refractivity contribution in [2.75, 3.05) is 6.61 Å². The molecule has 0 spiro atoms. The second-order valence-corrected chi connectivity index (χ2v) is 9.94. The number of nitrogens with one attached hydrogen (secondary N) is 2. The van der Waals surface area contributed by atoms with Gasteiger partial charge >= 0.3 is 0 Å². The summed E-state index contributed by atoms with van der Waals surface area (Å²) >= 11 is 0. The molecule has 9 heteroatoms. The molecule has 1 aromatic rings. The number of nitrogens with zero attached hydrogens (tertiary/aromatic N) is 1. The summed E-state index contributed by atoms with van der Waals surface area (Å²) in [7, 11) is 0. The van der Waals surface area contributed by atoms with Crippen molar-refractivity contribution in [3.05, 3.63) is 34.6 Å². The summed E-state index contributed by atoms with van der Waals surface area (Å²) in [4.78, 5) is 38.0. The Balaban J connectivity index is 1.29. The monoisotopic (exact) mass is 475 g/mol. The zero-order chi connectivity index (χ0) is 23.8. The van der Waals surface area contributed by atoms with Crippen LogP contribution >= 0.6 is 0 Å². The Kier molecular flexibility index (Phi) is 6.66. The van der Waals surface area contributed by atoms with Crippen LogP contribution < -0.4 is 10.6 Å². The van der Waals surface area contributed by atoms with Crippen LogP contribution in [0.2, 0.25) is 0 Å². The number of hydrogen-bond acceptors (Lipinski definition) is 5. The molecule has 5 rings (SSSR count). The minimum Gasteiger partial charge on any atom is -0.376 e. The maximum absolute atomic E-state index is 15.6. The Hall–Kier alpha value is -2.39. The van der Waals surface area contributed by atoms with Gasteiger partial charge in [-0.2, -0.15) is 0 Å². The molecule has 3 aliphatic heterocycles. The standard InChI is InChI=1S/C25H31F2N3O4/c26-15-4-6-16(7-5-15)28-19-2-1-11-34-21(19)12-14-3-8-17-18(23(14)27)13-30(25(17)33)20-9-10-22(31)29-24(20)32/h3,8,15-16,19-21,28H,1-2,4-7,9-13H2,(H,29,31,32)/t15-,16+,19-,20+,21+/m0/s1. The molecule has 2 N–H and O–H groups in total. The summed E-state index contributed by atoms with van der Waals surface area (Å²) < 4.78 is 35.1. The number of carbonyl (C=O) groups is 3. The molecule has 0 aromatic heterocycles. The molecule has 1 aliphatic carbocycles. The zero-order valence-corrected chi connectivity index (χ0v) is 19.2. The second kappa shape index (κ2) is 9.70. The third-order valence-electron chi connectivity index (χ3n) is 7.70. The van der Waals surface area contributed by atoms with Crippen LogP contribution in [0.4, 0.5) is 8.78 Å². The smallest absolute Gasteiger partial charge is 0.255 e. The van der Waals surface area contributed by atoms with Gasteiger partial charge in [-0.1, -0.05) is 6.07 Å². The third-order valence-corrected chi connectivity index (χ3v) is 7.70. The molecule has 1 aromatic carbocycles. The Morgan fingerprint density at radius 1 is 1.09 bits per heavy atom. The van der Waals surface area contributed by atoms with Crippen molar-refractivity contribution in [2.45, 2.75) is 94.7 Å². The fourth-order valence-corrected chi connectivity index (χ4v) is 5.78. The fourth-order valence-electron chi connectivity index (χ4n) is 5.78. The molecular formula is C25H31F2N3O4. The number of imide groups is 1. The van der Waals surface area contributed by atoms with Gasteiger partial charge in [0.1, 0.15) is 18.0 Å². The largest absolute Gasteiger partial charge is 0.376 e. The van der Waals surface area contributed by atoms with Gasteiger partial charge in [0.05, 0.1) is 12.6 Å². The third kappa shape index (κ3) is 4.60. The Morgan fingerprint density at radius 2 is 1.88 bits per heavy atom. The molecule has 1 saturated carbocycles. The van der Waals surface area contributed by atoms with Gasteiger partial charge in [-0.15, -0.1) is 0 Å². The molecule has 0 bridgehead atoms. The van der Waals surface area contributed by atoms with E-state index in [1.54, 1.807) is 12.1 Å². The quantitative estimate of drug-likeness (QED) is 0.640. The molecule has 4 aliphatic rings. The number of amides is 3. The van der Waals surface area contributed by atoms with Crippen molar-refractivity contribution in [3.8, 4) is 0 Å². The molecule has 3 amide bonds. The lowest BCUT2D eigenvalue weighted by atomic mass is 9.90. The molecule has 34 heavy (non-hydrogen) atoms. The number of alkyl halides is 1. The zero-order valence-electron chi connectivity index (χ0n) is 19.2. The molecule has 2 saturated heterocycles. The molecular weight excluding hydrogens is 444 g/mol. The summed E-state index contributed by atoms with van der Waals surface area (Å²) in [5.41, 5.74) is 1.06. The highest BCUT2D eigenvalue weighted by Gasteiger charge is 2.41. The Morgan fingerprint density at radius 3 is 2.65 bits per heavy atom. The van der Waals surface area contributed by atoms with Crippen molar-refractivity contribution in [1.29, 1.82) is 0 Å².